The molecule has 2 aromatic rings. The van der Waals surface area contributed by atoms with Gasteiger partial charge in [-0.25, -0.2) is 0 Å². The Labute approximate surface area is 136 Å². The van der Waals surface area contributed by atoms with Gasteiger partial charge in [-0.05, 0) is 35.9 Å². The molecule has 1 aliphatic rings. The van der Waals surface area contributed by atoms with Crippen LogP contribution in [0.4, 0.5) is 5.69 Å². The van der Waals surface area contributed by atoms with Gasteiger partial charge >= 0.3 is 0 Å². The first-order valence-electron chi connectivity index (χ1n) is 6.85. The third-order valence-electron chi connectivity index (χ3n) is 3.09. The number of benzene rings is 2. The molecule has 0 unspecified atom stereocenters. The number of ether oxygens (including phenoxy) is 2. The van der Waals surface area contributed by atoms with Crippen LogP contribution in [0.25, 0.3) is 6.08 Å². The fourth-order valence-electron chi connectivity index (χ4n) is 2.09. The molecule has 3 rings (SSSR count). The van der Waals surface area contributed by atoms with Gasteiger partial charge in [-0.3, -0.25) is 4.79 Å². The second-order valence-corrected chi connectivity index (χ2v) is 5.65. The van der Waals surface area contributed by atoms with Crippen molar-refractivity contribution in [2.24, 2.45) is 0 Å². The van der Waals surface area contributed by atoms with Gasteiger partial charge in [0, 0.05) is 22.3 Å². The van der Waals surface area contributed by atoms with Crippen LogP contribution in [0.5, 0.6) is 11.5 Å². The second kappa shape index (κ2) is 6.66. The van der Waals surface area contributed by atoms with Gasteiger partial charge in [-0.2, -0.15) is 0 Å². The van der Waals surface area contributed by atoms with E-state index in [1.165, 1.54) is 6.08 Å². The predicted molar refractivity (Wildman–Crippen MR) is 89.2 cm³/mol. The zero-order valence-corrected chi connectivity index (χ0v) is 13.3. The van der Waals surface area contributed by atoms with Crippen LogP contribution in [0.15, 0.2) is 53.0 Å². The molecule has 1 aliphatic heterocycles. The second-order valence-electron chi connectivity index (χ2n) is 4.74. The summed E-state index contributed by atoms with van der Waals surface area (Å²) >= 11 is 3.40. The Balaban J connectivity index is 1.66. The molecule has 0 saturated heterocycles. The molecular weight excluding hydrogens is 346 g/mol. The van der Waals surface area contributed by atoms with E-state index in [9.17, 15) is 4.79 Å². The molecule has 22 heavy (non-hydrogen) atoms. The van der Waals surface area contributed by atoms with Gasteiger partial charge in [-0.1, -0.05) is 28.1 Å². The maximum absolute atomic E-state index is 12.0. The fourth-order valence-corrected chi connectivity index (χ4v) is 2.50. The number of rotatable bonds is 3. The number of halogens is 1. The number of hydrogen-bond acceptors (Lipinski definition) is 3. The number of carbonyl (C=O) groups excluding carboxylic acids is 1. The number of hydrogen-bond donors (Lipinski definition) is 1. The van der Waals surface area contributed by atoms with Crippen molar-refractivity contribution >= 4 is 33.6 Å². The molecule has 1 heterocycles. The highest BCUT2D eigenvalue weighted by molar-refractivity contribution is 9.10. The van der Waals surface area contributed by atoms with Crippen LogP contribution in [-0.4, -0.2) is 19.1 Å². The summed E-state index contributed by atoms with van der Waals surface area (Å²) < 4.78 is 11.9. The molecule has 0 aliphatic carbocycles. The summed E-state index contributed by atoms with van der Waals surface area (Å²) in [5, 5.41) is 2.80. The van der Waals surface area contributed by atoms with Crippen LogP contribution in [0.1, 0.15) is 5.56 Å². The molecule has 112 valence electrons. The molecule has 4 nitrogen and oxygen atoms in total. The molecule has 1 amide bonds. The normalized spacial score (nSPS) is 13.1. The quantitative estimate of drug-likeness (QED) is 0.846. The molecular formula is C17H14BrNO3. The maximum atomic E-state index is 12.0. The van der Waals surface area contributed by atoms with Gasteiger partial charge in [0.2, 0.25) is 5.91 Å². The first kappa shape index (κ1) is 14.7. The summed E-state index contributed by atoms with van der Waals surface area (Å²) in [7, 11) is 0. The molecule has 0 aromatic heterocycles. The van der Waals surface area contributed by atoms with E-state index in [-0.39, 0.29) is 5.91 Å². The molecule has 2 aromatic carbocycles. The lowest BCUT2D eigenvalue weighted by Crippen LogP contribution is -2.16. The monoisotopic (exact) mass is 359 g/mol. The average molecular weight is 360 g/mol. The van der Waals surface area contributed by atoms with Gasteiger partial charge in [0.25, 0.3) is 0 Å². The fraction of sp³-hybridized carbons (Fsp3) is 0.118. The van der Waals surface area contributed by atoms with Gasteiger partial charge in [-0.15, -0.1) is 0 Å². The minimum absolute atomic E-state index is 0.198. The van der Waals surface area contributed by atoms with Crippen molar-refractivity contribution in [3.63, 3.8) is 0 Å². The summed E-state index contributed by atoms with van der Waals surface area (Å²) in [5.41, 5.74) is 1.62. The van der Waals surface area contributed by atoms with Crippen molar-refractivity contribution in [3.8, 4) is 11.5 Å². The summed E-state index contributed by atoms with van der Waals surface area (Å²) in [6.45, 7) is 1.07. The first-order chi connectivity index (χ1) is 10.7. The highest BCUT2D eigenvalue weighted by Crippen LogP contribution is 2.32. The minimum atomic E-state index is -0.198. The Hall–Kier alpha value is -2.27. The molecule has 0 spiro atoms. The van der Waals surface area contributed by atoms with Crippen LogP contribution in [0.3, 0.4) is 0 Å². The molecule has 0 atom stereocenters. The number of carbonyl (C=O) groups is 1. The topological polar surface area (TPSA) is 47.6 Å². The van der Waals surface area contributed by atoms with Gasteiger partial charge in [0.05, 0.1) is 0 Å². The Morgan fingerprint density at radius 1 is 1.09 bits per heavy atom. The molecule has 0 bridgehead atoms. The zero-order chi connectivity index (χ0) is 15.4. The van der Waals surface area contributed by atoms with E-state index in [0.717, 1.165) is 10.0 Å². The molecule has 1 N–H and O–H groups in total. The summed E-state index contributed by atoms with van der Waals surface area (Å²) in [4.78, 5) is 12.0. The van der Waals surface area contributed by atoms with E-state index < -0.39 is 0 Å². The highest BCUT2D eigenvalue weighted by atomic mass is 79.9. The van der Waals surface area contributed by atoms with Gasteiger partial charge < -0.3 is 14.8 Å². The lowest BCUT2D eigenvalue weighted by molar-refractivity contribution is -0.111. The van der Waals surface area contributed by atoms with Crippen LogP contribution in [-0.2, 0) is 4.79 Å². The Bertz CT molecular complexity index is 728. The largest absolute Gasteiger partial charge is 0.486 e. The van der Waals surface area contributed by atoms with E-state index in [1.807, 2.05) is 24.3 Å². The Morgan fingerprint density at radius 2 is 1.91 bits per heavy atom. The zero-order valence-electron chi connectivity index (χ0n) is 11.7. The van der Waals surface area contributed by atoms with Crippen molar-refractivity contribution in [2.75, 3.05) is 18.5 Å². The number of fused-ring (bicyclic) bond motifs is 1. The van der Waals surface area contributed by atoms with E-state index >= 15 is 0 Å². The summed E-state index contributed by atoms with van der Waals surface area (Å²) in [6.07, 6.45) is 3.26. The standard InChI is InChI=1S/C17H14BrNO3/c18-13-3-1-2-12(10-13)4-7-17(20)19-14-5-6-15-16(11-14)22-9-8-21-15/h1-7,10-11H,8-9H2,(H,19,20)/b7-4+. The number of nitrogens with one attached hydrogen (secondary N) is 1. The lowest BCUT2D eigenvalue weighted by Gasteiger charge is -2.18. The van der Waals surface area contributed by atoms with E-state index in [4.69, 9.17) is 9.47 Å². The van der Waals surface area contributed by atoms with E-state index in [1.54, 1.807) is 24.3 Å². The van der Waals surface area contributed by atoms with Crippen LogP contribution < -0.4 is 14.8 Å². The average Bonchev–Trinajstić information content (AvgIpc) is 2.53. The summed E-state index contributed by atoms with van der Waals surface area (Å²) in [5.74, 6) is 1.16. The van der Waals surface area contributed by atoms with Gasteiger partial charge in [0.1, 0.15) is 13.2 Å². The Kier molecular flexibility index (Phi) is 4.44. The number of anilines is 1. The van der Waals surface area contributed by atoms with E-state index in [0.29, 0.717) is 30.4 Å². The molecule has 0 radical (unpaired) electrons. The smallest absolute Gasteiger partial charge is 0.248 e. The minimum Gasteiger partial charge on any atom is -0.486 e. The van der Waals surface area contributed by atoms with Crippen molar-refractivity contribution in [1.82, 2.24) is 0 Å². The highest BCUT2D eigenvalue weighted by Gasteiger charge is 2.12. The third kappa shape index (κ3) is 3.68. The molecule has 0 fully saturated rings. The van der Waals surface area contributed by atoms with Crippen molar-refractivity contribution in [2.45, 2.75) is 0 Å². The van der Waals surface area contributed by atoms with Crippen LogP contribution in [0, 0.1) is 0 Å². The van der Waals surface area contributed by atoms with Gasteiger partial charge in [0.15, 0.2) is 11.5 Å². The maximum Gasteiger partial charge on any atom is 0.248 e. The number of amides is 1. The molecule has 0 saturated carbocycles. The predicted octanol–water partition coefficient (Wildman–Crippen LogP) is 3.87. The first-order valence-corrected chi connectivity index (χ1v) is 7.64. The summed E-state index contributed by atoms with van der Waals surface area (Å²) in [6, 6.07) is 13.1. The lowest BCUT2D eigenvalue weighted by atomic mass is 10.2. The molecule has 5 heteroatoms. The van der Waals surface area contributed by atoms with Crippen molar-refractivity contribution in [1.29, 1.82) is 0 Å². The van der Waals surface area contributed by atoms with E-state index in [2.05, 4.69) is 21.2 Å². The van der Waals surface area contributed by atoms with Crippen molar-refractivity contribution < 1.29 is 14.3 Å². The Morgan fingerprint density at radius 3 is 2.73 bits per heavy atom. The third-order valence-corrected chi connectivity index (χ3v) is 3.58. The van der Waals surface area contributed by atoms with Crippen LogP contribution >= 0.6 is 15.9 Å². The van der Waals surface area contributed by atoms with Crippen LogP contribution in [0.2, 0.25) is 0 Å². The SMILES string of the molecule is O=C(/C=C/c1cccc(Br)c1)Nc1ccc2c(c1)OCCO2. The van der Waals surface area contributed by atoms with Crippen molar-refractivity contribution in [3.05, 3.63) is 58.6 Å².